The largest absolute Gasteiger partial charge is 0.486 e. The average molecular weight is 408 g/mol. The minimum atomic E-state index is -3.08. The lowest BCUT2D eigenvalue weighted by atomic mass is 10.1. The molecule has 3 heterocycles. The van der Waals surface area contributed by atoms with E-state index in [9.17, 15) is 18.0 Å². The Balaban J connectivity index is 1.49. The van der Waals surface area contributed by atoms with E-state index in [-0.39, 0.29) is 42.3 Å². The van der Waals surface area contributed by atoms with Gasteiger partial charge in [-0.3, -0.25) is 9.59 Å². The summed E-state index contributed by atoms with van der Waals surface area (Å²) >= 11 is 0. The number of ether oxygens (including phenoxy) is 2. The Morgan fingerprint density at radius 3 is 2.68 bits per heavy atom. The minimum Gasteiger partial charge on any atom is -0.486 e. The Hall–Kier alpha value is -2.29. The maximum Gasteiger partial charge on any atom is 0.228 e. The summed E-state index contributed by atoms with van der Waals surface area (Å²) in [5, 5.41) is 0. The van der Waals surface area contributed by atoms with Crippen LogP contribution in [0.3, 0.4) is 0 Å². The first-order chi connectivity index (χ1) is 13.4. The summed E-state index contributed by atoms with van der Waals surface area (Å²) in [5.41, 5.74) is 0.677. The molecule has 2 atom stereocenters. The van der Waals surface area contributed by atoms with Crippen LogP contribution in [-0.4, -0.2) is 69.0 Å². The quantitative estimate of drug-likeness (QED) is 0.733. The fraction of sp³-hybridized carbons (Fsp3) is 0.579. The molecule has 0 N–H and O–H groups in total. The number of nitrogens with zero attached hydrogens (tertiary/aromatic N) is 2. The number of hydrogen-bond acceptors (Lipinski definition) is 6. The number of amides is 2. The number of carbonyl (C=O) groups is 2. The van der Waals surface area contributed by atoms with Crippen molar-refractivity contribution in [3.8, 4) is 11.5 Å². The van der Waals surface area contributed by atoms with Crippen molar-refractivity contribution in [2.24, 2.45) is 5.92 Å². The monoisotopic (exact) mass is 408 g/mol. The van der Waals surface area contributed by atoms with Crippen LogP contribution in [0.25, 0.3) is 0 Å². The smallest absolute Gasteiger partial charge is 0.228 e. The van der Waals surface area contributed by atoms with Crippen molar-refractivity contribution in [3.63, 3.8) is 0 Å². The van der Waals surface area contributed by atoms with Gasteiger partial charge in [-0.25, -0.2) is 8.42 Å². The van der Waals surface area contributed by atoms with Gasteiger partial charge in [-0.15, -0.1) is 0 Å². The van der Waals surface area contributed by atoms with Crippen molar-refractivity contribution >= 4 is 27.3 Å². The van der Waals surface area contributed by atoms with Crippen LogP contribution in [0.4, 0.5) is 5.69 Å². The molecular formula is C19H24N2O6S. The number of rotatable bonds is 4. The molecule has 0 aromatic heterocycles. The number of anilines is 1. The van der Waals surface area contributed by atoms with Gasteiger partial charge in [0.2, 0.25) is 11.8 Å². The second-order valence-electron chi connectivity index (χ2n) is 7.41. The number of fused-ring (bicyclic) bond motifs is 1. The lowest BCUT2D eigenvalue weighted by Gasteiger charge is -2.29. The maximum absolute atomic E-state index is 13.0. The molecular weight excluding hydrogens is 384 g/mol. The van der Waals surface area contributed by atoms with E-state index < -0.39 is 15.8 Å². The van der Waals surface area contributed by atoms with Gasteiger partial charge in [-0.05, 0) is 25.5 Å². The normalized spacial score (nSPS) is 25.8. The summed E-state index contributed by atoms with van der Waals surface area (Å²) in [5.74, 6) is 0.645. The van der Waals surface area contributed by atoms with Gasteiger partial charge in [0, 0.05) is 37.3 Å². The molecule has 152 valence electrons. The molecule has 0 unspecified atom stereocenters. The highest BCUT2D eigenvalue weighted by Gasteiger charge is 2.41. The Bertz CT molecular complexity index is 900. The fourth-order valence-electron chi connectivity index (χ4n) is 4.17. The number of carbonyl (C=O) groups excluding carboxylic acids is 2. The molecule has 0 bridgehead atoms. The van der Waals surface area contributed by atoms with E-state index in [1.54, 1.807) is 28.0 Å². The first-order valence-electron chi connectivity index (χ1n) is 9.59. The van der Waals surface area contributed by atoms with Crippen LogP contribution in [0.1, 0.15) is 19.8 Å². The predicted octanol–water partition coefficient (Wildman–Crippen LogP) is 0.846. The van der Waals surface area contributed by atoms with Gasteiger partial charge in [0.05, 0.1) is 17.4 Å². The molecule has 2 saturated heterocycles. The minimum absolute atomic E-state index is 0.0130. The van der Waals surface area contributed by atoms with Crippen molar-refractivity contribution in [2.75, 3.05) is 42.7 Å². The molecule has 3 aliphatic rings. The van der Waals surface area contributed by atoms with Crippen LogP contribution in [0.5, 0.6) is 11.5 Å². The van der Waals surface area contributed by atoms with Crippen LogP contribution in [0.15, 0.2) is 18.2 Å². The summed E-state index contributed by atoms with van der Waals surface area (Å²) in [6.07, 6.45) is 0.595. The summed E-state index contributed by atoms with van der Waals surface area (Å²) in [6.45, 7) is 3.52. The van der Waals surface area contributed by atoms with Gasteiger partial charge < -0.3 is 19.3 Å². The second kappa shape index (κ2) is 7.27. The van der Waals surface area contributed by atoms with Crippen LogP contribution >= 0.6 is 0 Å². The third-order valence-electron chi connectivity index (χ3n) is 5.58. The number of hydrogen-bond donors (Lipinski definition) is 0. The SMILES string of the molecule is CCN(C(=O)[C@H]1CC(=O)N(c2ccc3c(c2)OCCO3)C1)[C@@H]1CCS(=O)(=O)C1. The zero-order chi connectivity index (χ0) is 19.9. The number of sulfone groups is 1. The summed E-state index contributed by atoms with van der Waals surface area (Å²) < 4.78 is 34.7. The second-order valence-corrected chi connectivity index (χ2v) is 9.64. The maximum atomic E-state index is 13.0. The molecule has 0 aliphatic carbocycles. The van der Waals surface area contributed by atoms with E-state index in [0.717, 1.165) is 0 Å². The molecule has 28 heavy (non-hydrogen) atoms. The summed E-state index contributed by atoms with van der Waals surface area (Å²) in [4.78, 5) is 28.8. The predicted molar refractivity (Wildman–Crippen MR) is 102 cm³/mol. The van der Waals surface area contributed by atoms with Gasteiger partial charge in [0.15, 0.2) is 21.3 Å². The first kappa shape index (κ1) is 19.0. The summed E-state index contributed by atoms with van der Waals surface area (Å²) in [7, 11) is -3.08. The lowest BCUT2D eigenvalue weighted by molar-refractivity contribution is -0.137. The van der Waals surface area contributed by atoms with Gasteiger partial charge in [0.25, 0.3) is 0 Å². The van der Waals surface area contributed by atoms with E-state index in [1.807, 2.05) is 6.92 Å². The topological polar surface area (TPSA) is 93.2 Å². The average Bonchev–Trinajstić information content (AvgIpc) is 3.24. The molecule has 0 spiro atoms. The van der Waals surface area contributed by atoms with Gasteiger partial charge in [-0.2, -0.15) is 0 Å². The summed E-state index contributed by atoms with van der Waals surface area (Å²) in [6, 6.07) is 5.04. The molecule has 3 aliphatic heterocycles. The van der Waals surface area contributed by atoms with Crippen molar-refractivity contribution in [1.29, 1.82) is 0 Å². The van der Waals surface area contributed by atoms with Gasteiger partial charge in [-0.1, -0.05) is 0 Å². The first-order valence-corrected chi connectivity index (χ1v) is 11.4. The zero-order valence-electron chi connectivity index (χ0n) is 15.8. The molecule has 1 aromatic rings. The Kier molecular flexibility index (Phi) is 4.95. The Morgan fingerprint density at radius 1 is 1.25 bits per heavy atom. The zero-order valence-corrected chi connectivity index (χ0v) is 16.6. The molecule has 0 saturated carbocycles. The van der Waals surface area contributed by atoms with Crippen LogP contribution < -0.4 is 14.4 Å². The Morgan fingerprint density at radius 2 is 2.00 bits per heavy atom. The molecule has 0 radical (unpaired) electrons. The molecule has 8 nitrogen and oxygen atoms in total. The van der Waals surface area contributed by atoms with E-state index in [4.69, 9.17) is 9.47 Å². The molecule has 9 heteroatoms. The Labute approximate surface area is 164 Å². The third-order valence-corrected chi connectivity index (χ3v) is 7.33. The third kappa shape index (κ3) is 3.55. The molecule has 4 rings (SSSR count). The van der Waals surface area contributed by atoms with E-state index >= 15 is 0 Å². The highest BCUT2D eigenvalue weighted by Crippen LogP contribution is 2.36. The molecule has 2 fully saturated rings. The van der Waals surface area contributed by atoms with E-state index in [0.29, 0.717) is 43.4 Å². The lowest BCUT2D eigenvalue weighted by Crippen LogP contribution is -2.44. The molecule has 1 aromatic carbocycles. The van der Waals surface area contributed by atoms with Gasteiger partial charge >= 0.3 is 0 Å². The van der Waals surface area contributed by atoms with Crippen molar-refractivity contribution < 1.29 is 27.5 Å². The van der Waals surface area contributed by atoms with Crippen LogP contribution in [-0.2, 0) is 19.4 Å². The number of benzene rings is 1. The van der Waals surface area contributed by atoms with Crippen LogP contribution in [0.2, 0.25) is 0 Å². The van der Waals surface area contributed by atoms with Crippen molar-refractivity contribution in [2.45, 2.75) is 25.8 Å². The van der Waals surface area contributed by atoms with Crippen LogP contribution in [0, 0.1) is 5.92 Å². The van der Waals surface area contributed by atoms with Crippen molar-refractivity contribution in [1.82, 2.24) is 4.90 Å². The van der Waals surface area contributed by atoms with E-state index in [2.05, 4.69) is 0 Å². The molecule has 2 amide bonds. The van der Waals surface area contributed by atoms with E-state index in [1.165, 1.54) is 0 Å². The standard InChI is InChI=1S/C19H24N2O6S/c1-2-20(15-5-8-28(24,25)12-15)19(23)13-9-18(22)21(11-13)14-3-4-16-17(10-14)27-7-6-26-16/h3-4,10,13,15H,2,5-9,11-12H2,1H3/t13-,15+/m0/s1. The van der Waals surface area contributed by atoms with Crippen molar-refractivity contribution in [3.05, 3.63) is 18.2 Å². The van der Waals surface area contributed by atoms with Gasteiger partial charge in [0.1, 0.15) is 13.2 Å². The fourth-order valence-corrected chi connectivity index (χ4v) is 5.90. The highest BCUT2D eigenvalue weighted by atomic mass is 32.2. The highest BCUT2D eigenvalue weighted by molar-refractivity contribution is 7.91.